The first kappa shape index (κ1) is 56.5. The van der Waals surface area contributed by atoms with Crippen LogP contribution in [0.4, 0.5) is 9.59 Å². The second-order valence-electron chi connectivity index (χ2n) is 17.4. The molecule has 0 saturated heterocycles. The van der Waals surface area contributed by atoms with E-state index in [4.69, 9.17) is 23.7 Å². The van der Waals surface area contributed by atoms with Crippen molar-refractivity contribution in [3.63, 3.8) is 0 Å². The molecule has 58 heavy (non-hydrogen) atoms. The van der Waals surface area contributed by atoms with Crippen LogP contribution in [0, 0.1) is 11.8 Å². The number of hydrogen-bond acceptors (Lipinski definition) is 8. The smallest absolute Gasteiger partial charge is 0.434 e. The Morgan fingerprint density at radius 1 is 0.362 bits per heavy atom. The van der Waals surface area contributed by atoms with E-state index in [0.29, 0.717) is 38.3 Å². The largest absolute Gasteiger partial charge is 0.508 e. The molecule has 0 heterocycles. The zero-order chi connectivity index (χ0) is 42.4. The van der Waals surface area contributed by atoms with Crippen LogP contribution in [0.1, 0.15) is 240 Å². The van der Waals surface area contributed by atoms with E-state index in [1.165, 1.54) is 128 Å². The number of rotatable bonds is 46. The molecule has 0 rings (SSSR count). The average Bonchev–Trinajstić information content (AvgIpc) is 3.22. The van der Waals surface area contributed by atoms with Gasteiger partial charge in [-0.25, -0.2) is 9.59 Å². The summed E-state index contributed by atoms with van der Waals surface area (Å²) in [7, 11) is 1.77. The van der Waals surface area contributed by atoms with Gasteiger partial charge in [0.05, 0.1) is 26.4 Å². The summed E-state index contributed by atoms with van der Waals surface area (Å²) in [6.07, 6.45) is 38.7. The van der Waals surface area contributed by atoms with E-state index >= 15 is 0 Å². The lowest BCUT2D eigenvalue weighted by Crippen LogP contribution is -2.28. The second-order valence-corrected chi connectivity index (χ2v) is 17.4. The highest BCUT2D eigenvalue weighted by Gasteiger charge is 2.15. The van der Waals surface area contributed by atoms with Crippen LogP contribution in [0.15, 0.2) is 0 Å². The van der Waals surface area contributed by atoms with Crippen LogP contribution >= 0.6 is 0 Å². The molecule has 0 radical (unpaired) electrons. The van der Waals surface area contributed by atoms with Gasteiger partial charge in [-0.2, -0.15) is 0 Å². The highest BCUT2D eigenvalue weighted by molar-refractivity contribution is 5.60. The third-order valence-electron chi connectivity index (χ3n) is 11.7. The molecule has 346 valence electrons. The maximum Gasteiger partial charge on any atom is 0.508 e. The lowest BCUT2D eigenvalue weighted by atomic mass is 9.95. The number of methoxy groups -OCH3 is 1. The fourth-order valence-corrected chi connectivity index (χ4v) is 7.88. The predicted molar refractivity (Wildman–Crippen MR) is 245 cm³/mol. The third-order valence-corrected chi connectivity index (χ3v) is 11.7. The monoisotopic (exact) mass is 826 g/mol. The van der Waals surface area contributed by atoms with Gasteiger partial charge in [0, 0.05) is 20.3 Å². The summed E-state index contributed by atoms with van der Waals surface area (Å²) in [4.78, 5) is 27.3. The minimum Gasteiger partial charge on any atom is -0.434 e. The van der Waals surface area contributed by atoms with Crippen molar-refractivity contribution >= 4 is 12.3 Å². The molecule has 0 aromatic heterocycles. The van der Waals surface area contributed by atoms with Crippen molar-refractivity contribution in [3.8, 4) is 0 Å². The Bertz CT molecular complexity index is 781. The van der Waals surface area contributed by atoms with Crippen molar-refractivity contribution in [2.45, 2.75) is 240 Å². The van der Waals surface area contributed by atoms with E-state index in [9.17, 15) is 9.59 Å². The van der Waals surface area contributed by atoms with Crippen molar-refractivity contribution in [1.29, 1.82) is 0 Å². The van der Waals surface area contributed by atoms with Crippen LogP contribution in [-0.4, -0.2) is 77.0 Å². The Morgan fingerprint density at radius 2 is 0.672 bits per heavy atom. The number of nitrogens with zero attached hydrogens (tertiary/aromatic N) is 1. The number of ether oxygens (including phenoxy) is 5. The van der Waals surface area contributed by atoms with Gasteiger partial charge in [-0.1, -0.05) is 182 Å². The lowest BCUT2D eigenvalue weighted by Gasteiger charge is -2.22. The summed E-state index contributed by atoms with van der Waals surface area (Å²) in [6.45, 7) is 14.9. The highest BCUT2D eigenvalue weighted by atomic mass is 16.7. The topological polar surface area (TPSA) is 83.5 Å². The van der Waals surface area contributed by atoms with Gasteiger partial charge >= 0.3 is 12.3 Å². The molecule has 8 heteroatoms. The van der Waals surface area contributed by atoms with Gasteiger partial charge < -0.3 is 28.6 Å². The van der Waals surface area contributed by atoms with Gasteiger partial charge in [-0.05, 0) is 82.7 Å². The van der Waals surface area contributed by atoms with Crippen molar-refractivity contribution in [2.24, 2.45) is 11.8 Å². The van der Waals surface area contributed by atoms with Crippen LogP contribution in [0.3, 0.4) is 0 Å². The molecule has 0 amide bonds. The molecule has 0 aliphatic carbocycles. The Morgan fingerprint density at radius 3 is 1.05 bits per heavy atom. The van der Waals surface area contributed by atoms with E-state index < -0.39 is 12.3 Å². The molecule has 0 saturated carbocycles. The normalized spacial score (nSPS) is 12.5. The molecular weight excluding hydrogens is 727 g/mol. The number of unbranched alkanes of at least 4 members (excludes halogenated alkanes) is 22. The zero-order valence-electron chi connectivity index (χ0n) is 39.5. The van der Waals surface area contributed by atoms with Crippen molar-refractivity contribution in [1.82, 2.24) is 4.90 Å². The Kier molecular flexibility index (Phi) is 45.3. The van der Waals surface area contributed by atoms with E-state index in [-0.39, 0.29) is 0 Å². The van der Waals surface area contributed by atoms with Crippen LogP contribution in [0.25, 0.3) is 0 Å². The van der Waals surface area contributed by atoms with Crippen molar-refractivity contribution in [3.05, 3.63) is 0 Å². The summed E-state index contributed by atoms with van der Waals surface area (Å²) in [6, 6.07) is 0. The third kappa shape index (κ3) is 41.2. The maximum atomic E-state index is 12.4. The summed E-state index contributed by atoms with van der Waals surface area (Å²) >= 11 is 0. The maximum absolute atomic E-state index is 12.4. The number of carbonyl (C=O) groups is 2. The number of hydrogen-bond donors (Lipinski definition) is 0. The SMILES string of the molecule is CCCCCCCCC(CCCCCC)COC(=O)OCCCCCCN(CCCCCCOC(=O)OCC(CCCCCC)CCCCCCCC)CCCOC. The lowest BCUT2D eigenvalue weighted by molar-refractivity contribution is 0.0398. The van der Waals surface area contributed by atoms with Gasteiger partial charge in [0.25, 0.3) is 0 Å². The predicted octanol–water partition coefficient (Wildman–Crippen LogP) is 15.4. The first-order chi connectivity index (χ1) is 28.5. The van der Waals surface area contributed by atoms with E-state index in [2.05, 4.69) is 32.6 Å². The van der Waals surface area contributed by atoms with Gasteiger partial charge in [0.2, 0.25) is 0 Å². The van der Waals surface area contributed by atoms with Gasteiger partial charge in [-0.15, -0.1) is 0 Å². The van der Waals surface area contributed by atoms with Crippen molar-refractivity contribution in [2.75, 3.05) is 59.8 Å². The zero-order valence-corrected chi connectivity index (χ0v) is 39.5. The molecular formula is C50H99NO7. The number of carbonyl (C=O) groups excluding carboxylic acids is 2. The minimum absolute atomic E-state index is 0.440. The first-order valence-electron chi connectivity index (χ1n) is 25.3. The van der Waals surface area contributed by atoms with Gasteiger partial charge in [0.15, 0.2) is 0 Å². The average molecular weight is 826 g/mol. The molecule has 0 aliphatic heterocycles. The Hall–Kier alpha value is -1.54. The van der Waals surface area contributed by atoms with Crippen LogP contribution < -0.4 is 0 Å². The Labute approximate surface area is 360 Å². The molecule has 0 bridgehead atoms. The second kappa shape index (κ2) is 46.5. The summed E-state index contributed by atoms with van der Waals surface area (Å²) in [5.41, 5.74) is 0. The van der Waals surface area contributed by atoms with Gasteiger partial charge in [0.1, 0.15) is 0 Å². The minimum atomic E-state index is -0.493. The molecule has 0 N–H and O–H groups in total. The molecule has 8 nitrogen and oxygen atoms in total. The summed E-state index contributed by atoms with van der Waals surface area (Å²) in [5, 5.41) is 0. The standard InChI is InChI=1S/C50H99NO7/c1-6-10-14-18-20-28-37-47(35-26-16-12-8-3)45-57-49(52)55-43-32-24-22-30-39-51(41-34-42-54-5)40-31-23-25-33-44-56-50(53)58-46-48(36-27-17-13-9-4)38-29-21-19-15-11-7-2/h47-48H,6-46H2,1-5H3. The van der Waals surface area contributed by atoms with Crippen LogP contribution in [0.5, 0.6) is 0 Å². The van der Waals surface area contributed by atoms with E-state index in [0.717, 1.165) is 110 Å². The molecule has 0 aromatic rings. The molecule has 2 atom stereocenters. The quantitative estimate of drug-likeness (QED) is 0.0443. The van der Waals surface area contributed by atoms with Crippen LogP contribution in [0.2, 0.25) is 0 Å². The molecule has 0 fully saturated rings. The summed E-state index contributed by atoms with van der Waals surface area (Å²) in [5.74, 6) is 0.916. The fourth-order valence-electron chi connectivity index (χ4n) is 7.88. The fraction of sp³-hybridized carbons (Fsp3) is 0.960. The molecule has 0 spiro atoms. The van der Waals surface area contributed by atoms with E-state index in [1.54, 1.807) is 7.11 Å². The van der Waals surface area contributed by atoms with Crippen LogP contribution in [-0.2, 0) is 23.7 Å². The van der Waals surface area contributed by atoms with Crippen molar-refractivity contribution < 1.29 is 33.3 Å². The van der Waals surface area contributed by atoms with Gasteiger partial charge in [-0.3, -0.25) is 0 Å². The summed E-state index contributed by atoms with van der Waals surface area (Å²) < 4.78 is 27.4. The first-order valence-corrected chi connectivity index (χ1v) is 25.3. The molecule has 0 aliphatic rings. The molecule has 0 aromatic carbocycles. The molecule has 2 unspecified atom stereocenters. The van der Waals surface area contributed by atoms with E-state index in [1.807, 2.05) is 0 Å². The Balaban J connectivity index is 4.22. The highest BCUT2D eigenvalue weighted by Crippen LogP contribution is 2.21.